The average molecular weight is 332 g/mol. The lowest BCUT2D eigenvalue weighted by Gasteiger charge is -2.11. The molecular formula is C12H14BrNO3S. The van der Waals surface area contributed by atoms with Gasteiger partial charge in [-0.1, -0.05) is 0 Å². The highest BCUT2D eigenvalue weighted by Gasteiger charge is 2.45. The van der Waals surface area contributed by atoms with Gasteiger partial charge in [0.1, 0.15) is 0 Å². The van der Waals surface area contributed by atoms with E-state index in [1.165, 1.54) is 0 Å². The molecule has 0 radical (unpaired) electrons. The number of aromatic nitrogens is 1. The first-order valence-electron chi connectivity index (χ1n) is 5.65. The van der Waals surface area contributed by atoms with E-state index in [0.717, 1.165) is 22.9 Å². The maximum atomic E-state index is 12.0. The molecule has 2 rings (SSSR count). The van der Waals surface area contributed by atoms with E-state index < -0.39 is 16.8 Å². The summed E-state index contributed by atoms with van der Waals surface area (Å²) in [6.45, 7) is 0. The lowest BCUT2D eigenvalue weighted by atomic mass is 10.1. The largest absolute Gasteiger partial charge is 0.481 e. The number of halogens is 1. The van der Waals surface area contributed by atoms with Crippen LogP contribution < -0.4 is 0 Å². The van der Waals surface area contributed by atoms with Crippen molar-refractivity contribution in [1.29, 1.82) is 0 Å². The zero-order valence-electron chi connectivity index (χ0n) is 9.76. The van der Waals surface area contributed by atoms with Crippen molar-refractivity contribution in [2.24, 2.45) is 5.41 Å². The topological polar surface area (TPSA) is 67.3 Å². The molecule has 0 saturated heterocycles. The summed E-state index contributed by atoms with van der Waals surface area (Å²) in [7, 11) is -1.03. The fourth-order valence-corrected chi connectivity index (χ4v) is 4.10. The molecule has 1 unspecified atom stereocenters. The second-order valence-corrected chi connectivity index (χ2v) is 7.18. The molecular weight excluding hydrogens is 318 g/mol. The van der Waals surface area contributed by atoms with E-state index in [2.05, 4.69) is 20.9 Å². The number of pyridine rings is 1. The molecule has 0 spiro atoms. The van der Waals surface area contributed by atoms with Crippen LogP contribution in [0.3, 0.4) is 0 Å². The summed E-state index contributed by atoms with van der Waals surface area (Å²) in [5.41, 5.74) is 0.699. The molecule has 1 aromatic heterocycles. The molecule has 0 aliphatic heterocycles. The van der Waals surface area contributed by atoms with Crippen LogP contribution in [0.2, 0.25) is 0 Å². The third kappa shape index (κ3) is 3.88. The van der Waals surface area contributed by atoms with Crippen LogP contribution in [0.5, 0.6) is 0 Å². The summed E-state index contributed by atoms with van der Waals surface area (Å²) in [4.78, 5) is 14.7. The van der Waals surface area contributed by atoms with Gasteiger partial charge in [-0.2, -0.15) is 0 Å². The number of nitrogens with zero attached hydrogens (tertiary/aromatic N) is 1. The quantitative estimate of drug-likeness (QED) is 0.868. The second-order valence-electron chi connectivity index (χ2n) is 4.81. The van der Waals surface area contributed by atoms with Crippen molar-refractivity contribution >= 4 is 32.7 Å². The lowest BCUT2D eigenvalue weighted by Crippen LogP contribution is -2.17. The Balaban J connectivity index is 1.91. The van der Waals surface area contributed by atoms with Crippen molar-refractivity contribution in [1.82, 2.24) is 4.98 Å². The molecule has 1 aliphatic carbocycles. The summed E-state index contributed by atoms with van der Waals surface area (Å²) in [6.07, 6.45) is 5.26. The van der Waals surface area contributed by atoms with Crippen molar-refractivity contribution in [2.45, 2.75) is 25.0 Å². The van der Waals surface area contributed by atoms with Gasteiger partial charge < -0.3 is 5.11 Å². The number of carbonyl (C=O) groups is 1. The van der Waals surface area contributed by atoms with Crippen molar-refractivity contribution in [2.75, 3.05) is 5.75 Å². The van der Waals surface area contributed by atoms with Gasteiger partial charge in [0.25, 0.3) is 0 Å². The Hall–Kier alpha value is -0.750. The van der Waals surface area contributed by atoms with Gasteiger partial charge in [-0.05, 0) is 45.8 Å². The van der Waals surface area contributed by atoms with E-state index in [4.69, 9.17) is 5.11 Å². The molecule has 1 saturated carbocycles. The highest BCUT2D eigenvalue weighted by molar-refractivity contribution is 9.10. The van der Waals surface area contributed by atoms with E-state index in [1.807, 2.05) is 6.07 Å². The lowest BCUT2D eigenvalue weighted by molar-refractivity contribution is -0.138. The number of hydrogen-bond donors (Lipinski definition) is 1. The number of aliphatic carboxylic acids is 1. The average Bonchev–Trinajstić information content (AvgIpc) is 2.95. The van der Waals surface area contributed by atoms with Crippen LogP contribution in [0.4, 0.5) is 0 Å². The van der Waals surface area contributed by atoms with Crippen LogP contribution in [0.15, 0.2) is 22.9 Å². The molecule has 6 heteroatoms. The molecule has 0 amide bonds. The summed E-state index contributed by atoms with van der Waals surface area (Å²) in [5, 5.41) is 8.81. The molecule has 0 bridgehead atoms. The van der Waals surface area contributed by atoms with Crippen molar-refractivity contribution in [3.8, 4) is 0 Å². The standard InChI is InChI=1S/C12H14BrNO3S/c13-10-3-9(5-14-6-10)7-18(17)8-12(1-2-12)4-11(15)16/h3,5-6H,1-2,4,7-8H2,(H,15,16). The third-order valence-corrected chi connectivity index (χ3v) is 5.06. The molecule has 98 valence electrons. The Bertz CT molecular complexity index is 488. The maximum Gasteiger partial charge on any atom is 0.303 e. The smallest absolute Gasteiger partial charge is 0.303 e. The van der Waals surface area contributed by atoms with E-state index in [-0.39, 0.29) is 11.8 Å². The fraction of sp³-hybridized carbons (Fsp3) is 0.500. The highest BCUT2D eigenvalue weighted by Crippen LogP contribution is 2.49. The Morgan fingerprint density at radius 3 is 2.78 bits per heavy atom. The summed E-state index contributed by atoms with van der Waals surface area (Å²) < 4.78 is 12.9. The van der Waals surface area contributed by atoms with Crippen molar-refractivity contribution in [3.05, 3.63) is 28.5 Å². The third-order valence-electron chi connectivity index (χ3n) is 3.04. The molecule has 1 atom stereocenters. The zero-order chi connectivity index (χ0) is 13.2. The van der Waals surface area contributed by atoms with Gasteiger partial charge >= 0.3 is 5.97 Å². The van der Waals surface area contributed by atoms with Crippen molar-refractivity contribution in [3.63, 3.8) is 0 Å². The van der Waals surface area contributed by atoms with Gasteiger partial charge in [0, 0.05) is 33.4 Å². The monoisotopic (exact) mass is 331 g/mol. The molecule has 1 fully saturated rings. The van der Waals surface area contributed by atoms with Gasteiger partial charge in [-0.25, -0.2) is 0 Å². The van der Waals surface area contributed by atoms with Gasteiger partial charge in [0.15, 0.2) is 0 Å². The Kier molecular flexibility index (Phi) is 4.17. The Morgan fingerprint density at radius 1 is 1.50 bits per heavy atom. The first-order chi connectivity index (χ1) is 8.49. The second kappa shape index (κ2) is 5.48. The van der Waals surface area contributed by atoms with Crippen LogP contribution in [0.25, 0.3) is 0 Å². The summed E-state index contributed by atoms with van der Waals surface area (Å²) in [6, 6.07) is 1.89. The number of carboxylic acids is 1. The van der Waals surface area contributed by atoms with Gasteiger partial charge in [0.2, 0.25) is 0 Å². The van der Waals surface area contributed by atoms with E-state index >= 15 is 0 Å². The van der Waals surface area contributed by atoms with Gasteiger partial charge in [-0.15, -0.1) is 0 Å². The first-order valence-corrected chi connectivity index (χ1v) is 7.93. The predicted molar refractivity (Wildman–Crippen MR) is 72.6 cm³/mol. The van der Waals surface area contributed by atoms with Gasteiger partial charge in [-0.3, -0.25) is 14.0 Å². The predicted octanol–water partition coefficient (Wildman–Crippen LogP) is 2.35. The number of hydrogen-bond acceptors (Lipinski definition) is 3. The summed E-state index contributed by atoms with van der Waals surface area (Å²) in [5.74, 6) is 0.119. The molecule has 1 aromatic rings. The fourth-order valence-electron chi connectivity index (χ4n) is 1.98. The van der Waals surface area contributed by atoms with E-state index in [0.29, 0.717) is 11.5 Å². The number of carboxylic acid groups (broad SMARTS) is 1. The Labute approximate surface area is 116 Å². The molecule has 1 N–H and O–H groups in total. The molecule has 1 heterocycles. The summed E-state index contributed by atoms with van der Waals surface area (Å²) >= 11 is 3.32. The highest BCUT2D eigenvalue weighted by atomic mass is 79.9. The molecule has 0 aromatic carbocycles. The van der Waals surface area contributed by atoms with E-state index in [9.17, 15) is 9.00 Å². The van der Waals surface area contributed by atoms with Crippen LogP contribution in [-0.4, -0.2) is 26.0 Å². The normalized spacial score (nSPS) is 18.3. The van der Waals surface area contributed by atoms with Crippen LogP contribution >= 0.6 is 15.9 Å². The van der Waals surface area contributed by atoms with E-state index in [1.54, 1.807) is 12.4 Å². The van der Waals surface area contributed by atoms with Gasteiger partial charge in [0.05, 0.1) is 12.2 Å². The zero-order valence-corrected chi connectivity index (χ0v) is 12.2. The SMILES string of the molecule is O=C(O)CC1(CS(=O)Cc2cncc(Br)c2)CC1. The maximum absolute atomic E-state index is 12.0. The number of rotatable bonds is 6. The van der Waals surface area contributed by atoms with Crippen molar-refractivity contribution < 1.29 is 14.1 Å². The minimum absolute atomic E-state index is 0.134. The molecule has 1 aliphatic rings. The molecule has 4 nitrogen and oxygen atoms in total. The van der Waals surface area contributed by atoms with Crippen LogP contribution in [0.1, 0.15) is 24.8 Å². The first kappa shape index (κ1) is 13.7. The minimum atomic E-state index is -1.03. The minimum Gasteiger partial charge on any atom is -0.481 e. The van der Waals surface area contributed by atoms with Crippen LogP contribution in [-0.2, 0) is 21.3 Å². The molecule has 18 heavy (non-hydrogen) atoms. The van der Waals surface area contributed by atoms with Crippen LogP contribution in [0, 0.1) is 5.41 Å². The Morgan fingerprint density at radius 2 is 2.22 bits per heavy atom.